The monoisotopic (exact) mass is 354 g/mol. The van der Waals surface area contributed by atoms with Gasteiger partial charge in [-0.05, 0) is 39.0 Å². The first-order chi connectivity index (χ1) is 12.4. The average Bonchev–Trinajstić information content (AvgIpc) is 3.25. The molecule has 0 unspecified atom stereocenters. The molecule has 6 heteroatoms. The summed E-state index contributed by atoms with van der Waals surface area (Å²) in [5.74, 6) is 2.09. The molecule has 2 aromatic heterocycles. The predicted octanol–water partition coefficient (Wildman–Crippen LogP) is 3.85. The van der Waals surface area contributed by atoms with Crippen molar-refractivity contribution < 1.29 is 18.4 Å². The topological polar surface area (TPSA) is 77.5 Å². The summed E-state index contributed by atoms with van der Waals surface area (Å²) in [4.78, 5) is 17.0. The molecule has 3 aromatic rings. The number of rotatable bonds is 6. The maximum absolute atomic E-state index is 12.6. The highest BCUT2D eigenvalue weighted by molar-refractivity contribution is 5.79. The maximum Gasteiger partial charge on any atom is 0.263 e. The number of oxazole rings is 1. The molecule has 1 N–H and O–H groups in total. The van der Waals surface area contributed by atoms with Gasteiger partial charge in [-0.1, -0.05) is 18.2 Å². The van der Waals surface area contributed by atoms with Crippen molar-refractivity contribution in [2.45, 2.75) is 32.7 Å². The fraction of sp³-hybridized carbons (Fsp3) is 0.300. The lowest BCUT2D eigenvalue weighted by molar-refractivity contribution is -0.122. The molecule has 6 nitrogen and oxygen atoms in total. The Morgan fingerprint density at radius 3 is 2.69 bits per heavy atom. The Bertz CT molecular complexity index is 894. The Kier molecular flexibility index (Phi) is 4.84. The summed E-state index contributed by atoms with van der Waals surface area (Å²) in [6, 6.07) is 11.2. The quantitative estimate of drug-likeness (QED) is 0.727. The number of hydrogen-bond donors (Lipinski definition) is 1. The van der Waals surface area contributed by atoms with Crippen LogP contribution >= 0.6 is 0 Å². The predicted molar refractivity (Wildman–Crippen MR) is 96.8 cm³/mol. The number of nitrogens with one attached hydrogen (secondary N) is 1. The van der Waals surface area contributed by atoms with Crippen molar-refractivity contribution in [2.24, 2.45) is 0 Å². The molecule has 2 heterocycles. The van der Waals surface area contributed by atoms with Gasteiger partial charge in [0.05, 0.1) is 31.0 Å². The number of aryl methyl sites for hydroxylation is 1. The molecule has 0 radical (unpaired) electrons. The third kappa shape index (κ3) is 3.64. The van der Waals surface area contributed by atoms with Crippen LogP contribution in [-0.2, 0) is 16.8 Å². The number of carbonyl (C=O) groups excluding carboxylic acids is 1. The number of aromatic nitrogens is 1. The van der Waals surface area contributed by atoms with Gasteiger partial charge >= 0.3 is 0 Å². The van der Waals surface area contributed by atoms with Crippen LogP contribution in [0.1, 0.15) is 30.9 Å². The minimum Gasteiger partial charge on any atom is -0.496 e. The molecule has 3 rings (SSSR count). The van der Waals surface area contributed by atoms with Crippen molar-refractivity contribution in [3.05, 3.63) is 59.7 Å². The van der Waals surface area contributed by atoms with Gasteiger partial charge in [0.25, 0.3) is 5.89 Å². The lowest BCUT2D eigenvalue weighted by Crippen LogP contribution is -2.42. The normalized spacial score (nSPS) is 11.4. The first-order valence-electron chi connectivity index (χ1n) is 8.35. The van der Waals surface area contributed by atoms with E-state index in [4.69, 9.17) is 13.6 Å². The smallest absolute Gasteiger partial charge is 0.263 e. The minimum atomic E-state index is -0.592. The highest BCUT2D eigenvalue weighted by Crippen LogP contribution is 2.29. The number of furan rings is 1. The van der Waals surface area contributed by atoms with Crippen molar-refractivity contribution in [3.8, 4) is 17.4 Å². The van der Waals surface area contributed by atoms with E-state index >= 15 is 0 Å². The van der Waals surface area contributed by atoms with Gasteiger partial charge in [-0.2, -0.15) is 0 Å². The number of nitrogens with zero attached hydrogens (tertiary/aromatic N) is 1. The molecule has 0 aliphatic heterocycles. The molecule has 0 fully saturated rings. The second-order valence-electron chi connectivity index (χ2n) is 6.55. The van der Waals surface area contributed by atoms with Crippen LogP contribution in [0.5, 0.6) is 5.75 Å². The second kappa shape index (κ2) is 7.07. The average molecular weight is 354 g/mol. The number of para-hydroxylation sites is 1. The fourth-order valence-electron chi connectivity index (χ4n) is 2.87. The van der Waals surface area contributed by atoms with E-state index in [0.717, 1.165) is 11.3 Å². The van der Waals surface area contributed by atoms with Crippen LogP contribution in [0.3, 0.4) is 0 Å². The van der Waals surface area contributed by atoms with E-state index < -0.39 is 5.54 Å². The Labute approximate surface area is 152 Å². The zero-order valence-corrected chi connectivity index (χ0v) is 15.3. The van der Waals surface area contributed by atoms with E-state index in [9.17, 15) is 4.79 Å². The standard InChI is InChI=1S/C20H22N2O4/c1-13-15(21-19(26-13)17-10-7-11-25-17)12-18(23)22-20(2,3)14-8-5-6-9-16(14)24-4/h5-11H,12H2,1-4H3,(H,22,23). The largest absolute Gasteiger partial charge is 0.496 e. The van der Waals surface area contributed by atoms with E-state index in [1.54, 1.807) is 32.4 Å². The van der Waals surface area contributed by atoms with Gasteiger partial charge in [-0.3, -0.25) is 4.79 Å². The van der Waals surface area contributed by atoms with E-state index in [2.05, 4.69) is 10.3 Å². The molecule has 136 valence electrons. The summed E-state index contributed by atoms with van der Waals surface area (Å²) < 4.78 is 16.3. The molecular weight excluding hydrogens is 332 g/mol. The van der Waals surface area contributed by atoms with Crippen LogP contribution in [0.2, 0.25) is 0 Å². The van der Waals surface area contributed by atoms with Crippen LogP contribution in [0.4, 0.5) is 0 Å². The van der Waals surface area contributed by atoms with Crippen LogP contribution in [-0.4, -0.2) is 18.0 Å². The maximum atomic E-state index is 12.6. The number of benzene rings is 1. The van der Waals surface area contributed by atoms with E-state index in [1.807, 2.05) is 38.1 Å². The number of hydrogen-bond acceptors (Lipinski definition) is 5. The Balaban J connectivity index is 1.74. The number of carbonyl (C=O) groups is 1. The van der Waals surface area contributed by atoms with Crippen molar-refractivity contribution in [1.82, 2.24) is 10.3 Å². The number of amides is 1. The van der Waals surface area contributed by atoms with E-state index in [1.165, 1.54) is 0 Å². The molecule has 0 atom stereocenters. The summed E-state index contributed by atoms with van der Waals surface area (Å²) in [6.45, 7) is 5.66. The Hall–Kier alpha value is -3.02. The van der Waals surface area contributed by atoms with Gasteiger partial charge in [-0.25, -0.2) is 4.98 Å². The molecule has 0 saturated carbocycles. The van der Waals surface area contributed by atoms with Gasteiger partial charge in [-0.15, -0.1) is 0 Å². The fourth-order valence-corrected chi connectivity index (χ4v) is 2.87. The Morgan fingerprint density at radius 1 is 1.23 bits per heavy atom. The minimum absolute atomic E-state index is 0.120. The molecule has 0 bridgehead atoms. The van der Waals surface area contributed by atoms with Crippen molar-refractivity contribution in [1.29, 1.82) is 0 Å². The molecule has 0 aliphatic carbocycles. The zero-order chi connectivity index (χ0) is 18.7. The SMILES string of the molecule is COc1ccccc1C(C)(C)NC(=O)Cc1nc(-c2ccco2)oc1C. The first-order valence-corrected chi connectivity index (χ1v) is 8.35. The van der Waals surface area contributed by atoms with Gasteiger partial charge in [0, 0.05) is 5.56 Å². The molecule has 1 aromatic carbocycles. The van der Waals surface area contributed by atoms with E-state index in [-0.39, 0.29) is 12.3 Å². The van der Waals surface area contributed by atoms with Crippen LogP contribution in [0.25, 0.3) is 11.7 Å². The zero-order valence-electron chi connectivity index (χ0n) is 15.3. The summed E-state index contributed by atoms with van der Waals surface area (Å²) in [6.07, 6.45) is 1.67. The summed E-state index contributed by atoms with van der Waals surface area (Å²) >= 11 is 0. The lowest BCUT2D eigenvalue weighted by atomic mass is 9.93. The first kappa shape index (κ1) is 17.8. The van der Waals surface area contributed by atoms with Gasteiger partial charge < -0.3 is 18.9 Å². The van der Waals surface area contributed by atoms with Gasteiger partial charge in [0.2, 0.25) is 5.91 Å². The third-order valence-electron chi connectivity index (χ3n) is 4.18. The van der Waals surface area contributed by atoms with Crippen LogP contribution in [0.15, 0.2) is 51.5 Å². The Morgan fingerprint density at radius 2 is 2.00 bits per heavy atom. The summed E-state index contributed by atoms with van der Waals surface area (Å²) in [7, 11) is 1.62. The van der Waals surface area contributed by atoms with Gasteiger partial charge in [0.1, 0.15) is 11.5 Å². The van der Waals surface area contributed by atoms with Crippen molar-refractivity contribution >= 4 is 5.91 Å². The molecular formula is C20H22N2O4. The number of methoxy groups -OCH3 is 1. The van der Waals surface area contributed by atoms with Crippen LogP contribution in [0, 0.1) is 6.92 Å². The van der Waals surface area contributed by atoms with Gasteiger partial charge in [0.15, 0.2) is 5.76 Å². The molecule has 1 amide bonds. The van der Waals surface area contributed by atoms with Crippen molar-refractivity contribution in [3.63, 3.8) is 0 Å². The number of ether oxygens (including phenoxy) is 1. The van der Waals surface area contributed by atoms with Crippen molar-refractivity contribution in [2.75, 3.05) is 7.11 Å². The third-order valence-corrected chi connectivity index (χ3v) is 4.18. The summed E-state index contributed by atoms with van der Waals surface area (Å²) in [5, 5.41) is 3.04. The second-order valence-corrected chi connectivity index (χ2v) is 6.55. The molecule has 0 saturated heterocycles. The van der Waals surface area contributed by atoms with Crippen LogP contribution < -0.4 is 10.1 Å². The van der Waals surface area contributed by atoms with E-state index in [0.29, 0.717) is 23.1 Å². The lowest BCUT2D eigenvalue weighted by Gasteiger charge is -2.28. The molecule has 0 aliphatic rings. The highest BCUT2D eigenvalue weighted by Gasteiger charge is 2.27. The summed E-state index contributed by atoms with van der Waals surface area (Å²) in [5.41, 5.74) is 0.902. The highest BCUT2D eigenvalue weighted by atomic mass is 16.5. The molecule has 26 heavy (non-hydrogen) atoms. The molecule has 0 spiro atoms.